The van der Waals surface area contributed by atoms with Crippen LogP contribution in [-0.4, -0.2) is 19.1 Å². The standard InChI is InChI=1S/C11H10Br3NO2/c1-7(12)5-15-11(16)6-17-10-3-2-8(13)4-9(10)14/h2-4H,1,5-6H2,(H,15,16). The number of carbonyl (C=O) groups excluding carboxylic acids is 1. The second kappa shape index (κ2) is 7.18. The van der Waals surface area contributed by atoms with E-state index in [4.69, 9.17) is 4.74 Å². The fourth-order valence-electron chi connectivity index (χ4n) is 0.981. The maximum absolute atomic E-state index is 11.4. The minimum absolute atomic E-state index is 0.0273. The number of hydrogen-bond acceptors (Lipinski definition) is 2. The van der Waals surface area contributed by atoms with Crippen molar-refractivity contribution in [2.24, 2.45) is 0 Å². The van der Waals surface area contributed by atoms with E-state index in [2.05, 4.69) is 59.7 Å². The van der Waals surface area contributed by atoms with Gasteiger partial charge in [0.1, 0.15) is 5.75 Å². The zero-order valence-electron chi connectivity index (χ0n) is 8.80. The van der Waals surface area contributed by atoms with Gasteiger partial charge in [0, 0.05) is 15.5 Å². The lowest BCUT2D eigenvalue weighted by atomic mass is 10.3. The highest BCUT2D eigenvalue weighted by Crippen LogP contribution is 2.27. The summed E-state index contributed by atoms with van der Waals surface area (Å²) >= 11 is 9.84. The highest BCUT2D eigenvalue weighted by molar-refractivity contribution is 9.11. The van der Waals surface area contributed by atoms with Gasteiger partial charge in [-0.1, -0.05) is 38.4 Å². The van der Waals surface area contributed by atoms with Crippen LogP contribution in [0.1, 0.15) is 0 Å². The van der Waals surface area contributed by atoms with Crippen molar-refractivity contribution in [3.8, 4) is 5.75 Å². The third-order valence-electron chi connectivity index (χ3n) is 1.73. The summed E-state index contributed by atoms with van der Waals surface area (Å²) in [7, 11) is 0. The van der Waals surface area contributed by atoms with Crippen LogP contribution < -0.4 is 10.1 Å². The van der Waals surface area contributed by atoms with Crippen molar-refractivity contribution in [3.63, 3.8) is 0 Å². The lowest BCUT2D eigenvalue weighted by Crippen LogP contribution is -2.29. The van der Waals surface area contributed by atoms with Crippen LogP contribution in [0.5, 0.6) is 5.75 Å². The van der Waals surface area contributed by atoms with Crippen LogP contribution in [0.2, 0.25) is 0 Å². The molecule has 0 aliphatic heterocycles. The van der Waals surface area contributed by atoms with Crippen LogP contribution in [0.4, 0.5) is 0 Å². The van der Waals surface area contributed by atoms with E-state index in [0.29, 0.717) is 12.3 Å². The van der Waals surface area contributed by atoms with Crippen LogP contribution in [0, 0.1) is 0 Å². The Morgan fingerprint density at radius 1 is 1.41 bits per heavy atom. The normalized spacial score (nSPS) is 9.82. The average Bonchev–Trinajstić information content (AvgIpc) is 2.25. The Kier molecular flexibility index (Phi) is 6.22. The number of halogens is 3. The van der Waals surface area contributed by atoms with Crippen molar-refractivity contribution < 1.29 is 9.53 Å². The molecule has 1 rings (SSSR count). The molecular formula is C11H10Br3NO2. The zero-order valence-corrected chi connectivity index (χ0v) is 13.6. The second-order valence-electron chi connectivity index (χ2n) is 3.16. The largest absolute Gasteiger partial charge is 0.483 e. The maximum atomic E-state index is 11.4. The minimum Gasteiger partial charge on any atom is -0.483 e. The molecule has 0 saturated carbocycles. The number of hydrogen-bond donors (Lipinski definition) is 1. The average molecular weight is 428 g/mol. The molecule has 0 aliphatic rings. The molecule has 0 atom stereocenters. The molecule has 0 radical (unpaired) electrons. The smallest absolute Gasteiger partial charge is 0.258 e. The third kappa shape index (κ3) is 5.70. The molecule has 0 heterocycles. The Balaban J connectivity index is 2.44. The van der Waals surface area contributed by atoms with Gasteiger partial charge in [0.25, 0.3) is 5.91 Å². The van der Waals surface area contributed by atoms with Gasteiger partial charge in [-0.25, -0.2) is 0 Å². The quantitative estimate of drug-likeness (QED) is 0.779. The Labute approximate surface area is 125 Å². The molecule has 0 saturated heterocycles. The first-order chi connectivity index (χ1) is 7.99. The molecule has 17 heavy (non-hydrogen) atoms. The van der Waals surface area contributed by atoms with Crippen molar-refractivity contribution >= 4 is 53.7 Å². The Morgan fingerprint density at radius 3 is 2.71 bits per heavy atom. The Hall–Kier alpha value is -0.330. The van der Waals surface area contributed by atoms with Crippen molar-refractivity contribution in [2.75, 3.05) is 13.2 Å². The Bertz CT molecular complexity index is 435. The van der Waals surface area contributed by atoms with Gasteiger partial charge >= 0.3 is 0 Å². The van der Waals surface area contributed by atoms with E-state index in [1.165, 1.54) is 0 Å². The molecule has 0 aromatic heterocycles. The van der Waals surface area contributed by atoms with E-state index in [1.54, 1.807) is 6.07 Å². The first kappa shape index (κ1) is 14.7. The molecule has 0 bridgehead atoms. The number of rotatable bonds is 5. The van der Waals surface area contributed by atoms with Gasteiger partial charge in [-0.15, -0.1) is 0 Å². The van der Waals surface area contributed by atoms with Gasteiger partial charge in [-0.3, -0.25) is 4.79 Å². The van der Waals surface area contributed by atoms with Gasteiger partial charge in [0.2, 0.25) is 0 Å². The van der Waals surface area contributed by atoms with Crippen molar-refractivity contribution in [1.82, 2.24) is 5.32 Å². The molecular weight excluding hydrogens is 418 g/mol. The summed E-state index contributed by atoms with van der Waals surface area (Å²) in [4.78, 5) is 11.4. The van der Waals surface area contributed by atoms with E-state index >= 15 is 0 Å². The summed E-state index contributed by atoms with van der Waals surface area (Å²) in [5.74, 6) is 0.432. The van der Waals surface area contributed by atoms with Crippen LogP contribution in [-0.2, 0) is 4.79 Å². The lowest BCUT2D eigenvalue weighted by Gasteiger charge is -2.08. The second-order valence-corrected chi connectivity index (χ2v) is 6.05. The first-order valence-corrected chi connectivity index (χ1v) is 7.05. The molecule has 1 aromatic rings. The maximum Gasteiger partial charge on any atom is 0.258 e. The van der Waals surface area contributed by atoms with Gasteiger partial charge in [-0.05, 0) is 34.1 Å². The molecule has 0 fully saturated rings. The van der Waals surface area contributed by atoms with E-state index in [9.17, 15) is 4.79 Å². The first-order valence-electron chi connectivity index (χ1n) is 4.67. The number of ether oxygens (including phenoxy) is 1. The predicted octanol–water partition coefficient (Wildman–Crippen LogP) is 3.62. The molecule has 0 spiro atoms. The zero-order chi connectivity index (χ0) is 12.8. The molecule has 1 aromatic carbocycles. The van der Waals surface area contributed by atoms with Crippen LogP contribution >= 0.6 is 47.8 Å². The summed E-state index contributed by atoms with van der Waals surface area (Å²) in [6.07, 6.45) is 0. The van der Waals surface area contributed by atoms with Gasteiger partial charge in [0.15, 0.2) is 6.61 Å². The summed E-state index contributed by atoms with van der Waals surface area (Å²) in [5.41, 5.74) is 0. The SMILES string of the molecule is C=C(Br)CNC(=O)COc1ccc(Br)cc1Br. The topological polar surface area (TPSA) is 38.3 Å². The van der Waals surface area contributed by atoms with E-state index in [1.807, 2.05) is 12.1 Å². The molecule has 6 heteroatoms. The minimum atomic E-state index is -0.194. The fraction of sp³-hybridized carbons (Fsp3) is 0.182. The number of amides is 1. The van der Waals surface area contributed by atoms with E-state index in [-0.39, 0.29) is 12.5 Å². The molecule has 0 unspecified atom stereocenters. The number of carbonyl (C=O) groups is 1. The summed E-state index contributed by atoms with van der Waals surface area (Å²) in [6, 6.07) is 5.48. The van der Waals surface area contributed by atoms with Crippen molar-refractivity contribution in [2.45, 2.75) is 0 Å². The van der Waals surface area contributed by atoms with Crippen molar-refractivity contribution in [3.05, 3.63) is 38.2 Å². The molecule has 1 amide bonds. The van der Waals surface area contributed by atoms with E-state index < -0.39 is 0 Å². The van der Waals surface area contributed by atoms with Crippen LogP contribution in [0.15, 0.2) is 38.2 Å². The summed E-state index contributed by atoms with van der Waals surface area (Å²) in [5, 5.41) is 2.65. The highest BCUT2D eigenvalue weighted by Gasteiger charge is 2.05. The highest BCUT2D eigenvalue weighted by atomic mass is 79.9. The van der Waals surface area contributed by atoms with Gasteiger partial charge in [-0.2, -0.15) is 0 Å². The van der Waals surface area contributed by atoms with Gasteiger partial charge in [0.05, 0.1) is 4.47 Å². The molecule has 3 nitrogen and oxygen atoms in total. The fourth-order valence-corrected chi connectivity index (χ4v) is 2.28. The van der Waals surface area contributed by atoms with Gasteiger partial charge < -0.3 is 10.1 Å². The monoisotopic (exact) mass is 425 g/mol. The van der Waals surface area contributed by atoms with Crippen molar-refractivity contribution in [1.29, 1.82) is 0 Å². The summed E-state index contributed by atoms with van der Waals surface area (Å²) < 4.78 is 7.82. The van der Waals surface area contributed by atoms with Crippen LogP contribution in [0.25, 0.3) is 0 Å². The predicted molar refractivity (Wildman–Crippen MR) is 78.4 cm³/mol. The molecule has 1 N–H and O–H groups in total. The lowest BCUT2D eigenvalue weighted by molar-refractivity contribution is -0.122. The third-order valence-corrected chi connectivity index (χ3v) is 3.12. The number of nitrogens with one attached hydrogen (secondary N) is 1. The Morgan fingerprint density at radius 2 is 2.12 bits per heavy atom. The van der Waals surface area contributed by atoms with E-state index in [0.717, 1.165) is 13.4 Å². The molecule has 0 aliphatic carbocycles. The number of benzene rings is 1. The van der Waals surface area contributed by atoms with Crippen LogP contribution in [0.3, 0.4) is 0 Å². The molecule has 92 valence electrons. The summed E-state index contributed by atoms with van der Waals surface area (Å²) in [6.45, 7) is 3.98.